The van der Waals surface area contributed by atoms with Gasteiger partial charge in [0.1, 0.15) is 11.2 Å². The Morgan fingerprint density at radius 2 is 1.84 bits per heavy atom. The van der Waals surface area contributed by atoms with Gasteiger partial charge in [-0.3, -0.25) is 14.6 Å². The second-order valence-corrected chi connectivity index (χ2v) is 9.03. The third-order valence-electron chi connectivity index (χ3n) is 6.91. The zero-order chi connectivity index (χ0) is 22.1. The molecule has 1 aliphatic carbocycles. The van der Waals surface area contributed by atoms with Crippen molar-refractivity contribution >= 4 is 23.4 Å². The van der Waals surface area contributed by atoms with Crippen molar-refractivity contribution in [2.75, 3.05) is 20.1 Å². The summed E-state index contributed by atoms with van der Waals surface area (Å²) in [5.74, 6) is -0.576. The molecule has 1 saturated heterocycles. The maximum absolute atomic E-state index is 14.0. The summed E-state index contributed by atoms with van der Waals surface area (Å²) in [5.41, 5.74) is -0.309. The van der Waals surface area contributed by atoms with Gasteiger partial charge in [-0.2, -0.15) is 0 Å². The highest BCUT2D eigenvalue weighted by Crippen LogP contribution is 2.46. The van der Waals surface area contributed by atoms with E-state index < -0.39 is 16.6 Å². The van der Waals surface area contributed by atoms with Gasteiger partial charge in [0.05, 0.1) is 11.1 Å². The Morgan fingerprint density at radius 1 is 1.10 bits per heavy atom. The number of halogens is 2. The molecule has 7 heteroatoms. The van der Waals surface area contributed by atoms with Crippen LogP contribution < -0.4 is 5.32 Å². The van der Waals surface area contributed by atoms with E-state index in [2.05, 4.69) is 10.3 Å². The van der Waals surface area contributed by atoms with Crippen molar-refractivity contribution in [3.05, 3.63) is 64.7 Å². The van der Waals surface area contributed by atoms with E-state index in [4.69, 9.17) is 11.6 Å². The van der Waals surface area contributed by atoms with Crippen LogP contribution in [0.1, 0.15) is 49.8 Å². The highest BCUT2D eigenvalue weighted by atomic mass is 35.5. The van der Waals surface area contributed by atoms with Gasteiger partial charge in [-0.25, -0.2) is 4.39 Å². The number of hydrogen-bond donors (Lipinski definition) is 1. The Labute approximate surface area is 187 Å². The molecule has 0 spiro atoms. The summed E-state index contributed by atoms with van der Waals surface area (Å²) >= 11 is 6.42. The van der Waals surface area contributed by atoms with Crippen LogP contribution in [0.5, 0.6) is 0 Å². The smallest absolute Gasteiger partial charge is 0.233 e. The Kier molecular flexibility index (Phi) is 6.02. The van der Waals surface area contributed by atoms with Crippen LogP contribution in [0.2, 0.25) is 5.02 Å². The van der Waals surface area contributed by atoms with E-state index in [0.29, 0.717) is 43.5 Å². The number of rotatable bonds is 4. The minimum atomic E-state index is -0.893. The Balaban J connectivity index is 1.72. The van der Waals surface area contributed by atoms with Crippen LogP contribution in [-0.4, -0.2) is 41.8 Å². The lowest BCUT2D eigenvalue weighted by Gasteiger charge is -2.44. The second-order valence-electron chi connectivity index (χ2n) is 8.62. The van der Waals surface area contributed by atoms with Gasteiger partial charge in [0, 0.05) is 31.4 Å². The Hall–Kier alpha value is -2.47. The molecule has 0 unspecified atom stereocenters. The number of aromatic nitrogens is 1. The predicted octanol–water partition coefficient (Wildman–Crippen LogP) is 3.99. The van der Waals surface area contributed by atoms with Gasteiger partial charge >= 0.3 is 0 Å². The normalized spacial score (nSPS) is 22.9. The van der Waals surface area contributed by atoms with Gasteiger partial charge in [-0.05, 0) is 55.5 Å². The van der Waals surface area contributed by atoms with Gasteiger partial charge in [-0.1, -0.05) is 36.6 Å². The first-order valence-corrected chi connectivity index (χ1v) is 11.2. The Morgan fingerprint density at radius 3 is 2.48 bits per heavy atom. The summed E-state index contributed by atoms with van der Waals surface area (Å²) in [6.07, 6.45) is 6.16. The molecule has 2 heterocycles. The van der Waals surface area contributed by atoms with Gasteiger partial charge in [0.2, 0.25) is 11.8 Å². The molecule has 2 amide bonds. The highest BCUT2D eigenvalue weighted by Gasteiger charge is 2.51. The fourth-order valence-electron chi connectivity index (χ4n) is 5.38. The van der Waals surface area contributed by atoms with Gasteiger partial charge in [0.25, 0.3) is 0 Å². The Bertz CT molecular complexity index is 978. The summed E-state index contributed by atoms with van der Waals surface area (Å²) in [7, 11) is 1.62. The zero-order valence-electron chi connectivity index (χ0n) is 17.7. The molecule has 1 aliphatic heterocycles. The fourth-order valence-corrected chi connectivity index (χ4v) is 5.73. The number of amides is 2. The molecule has 2 aliphatic rings. The average Bonchev–Trinajstić information content (AvgIpc) is 3.29. The highest BCUT2D eigenvalue weighted by molar-refractivity contribution is 6.31. The maximum Gasteiger partial charge on any atom is 0.233 e. The van der Waals surface area contributed by atoms with Crippen LogP contribution in [-0.2, 0) is 20.4 Å². The lowest BCUT2D eigenvalue weighted by Crippen LogP contribution is -2.58. The number of likely N-dealkylation sites (tertiary alicyclic amines) is 1. The van der Waals surface area contributed by atoms with E-state index in [0.717, 1.165) is 12.8 Å². The van der Waals surface area contributed by atoms with Crippen molar-refractivity contribution in [1.29, 1.82) is 0 Å². The molecule has 4 rings (SSSR count). The van der Waals surface area contributed by atoms with E-state index in [1.54, 1.807) is 24.2 Å². The van der Waals surface area contributed by atoms with Gasteiger partial charge in [0.15, 0.2) is 0 Å². The first kappa shape index (κ1) is 21.8. The standard InChI is InChI=1S/C24H27ClFN3O2/c1-27-21(30)24(20-7-2-5-13-28-20)12-6-14-29(16-24)22(31)23(10-3-4-11-23)18-9-8-17(26)15-19(18)25/h2,5,7-9,13,15H,3-4,6,10-12,14,16H2,1H3,(H,27,30)/t24-/m1/s1. The molecule has 164 valence electrons. The number of carbonyl (C=O) groups excluding carboxylic acids is 2. The molecule has 1 N–H and O–H groups in total. The molecule has 1 aromatic heterocycles. The van der Waals surface area contributed by atoms with Crippen LogP contribution in [0.4, 0.5) is 4.39 Å². The molecule has 5 nitrogen and oxygen atoms in total. The third-order valence-corrected chi connectivity index (χ3v) is 7.22. The van der Waals surface area contributed by atoms with Crippen molar-refractivity contribution in [2.24, 2.45) is 0 Å². The van der Waals surface area contributed by atoms with E-state index in [1.807, 2.05) is 18.2 Å². The number of likely N-dealkylation sites (N-methyl/N-ethyl adjacent to an activating group) is 1. The lowest BCUT2D eigenvalue weighted by molar-refractivity contribution is -0.142. The lowest BCUT2D eigenvalue weighted by atomic mass is 9.73. The van der Waals surface area contributed by atoms with E-state index in [-0.39, 0.29) is 23.4 Å². The quantitative estimate of drug-likeness (QED) is 0.777. The zero-order valence-corrected chi connectivity index (χ0v) is 18.4. The summed E-state index contributed by atoms with van der Waals surface area (Å²) < 4.78 is 13.7. The van der Waals surface area contributed by atoms with Crippen molar-refractivity contribution in [3.8, 4) is 0 Å². The number of pyridine rings is 1. The first-order valence-electron chi connectivity index (χ1n) is 10.8. The number of benzene rings is 1. The molecule has 2 aromatic rings. The molecular weight excluding hydrogens is 417 g/mol. The molecule has 0 radical (unpaired) electrons. The van der Waals surface area contributed by atoms with Crippen LogP contribution in [0.15, 0.2) is 42.6 Å². The molecule has 1 atom stereocenters. The summed E-state index contributed by atoms with van der Waals surface area (Å²) in [5, 5.41) is 3.07. The topological polar surface area (TPSA) is 62.3 Å². The van der Waals surface area contributed by atoms with Crippen molar-refractivity contribution < 1.29 is 14.0 Å². The molecule has 0 bridgehead atoms. The van der Waals surface area contributed by atoms with E-state index in [1.165, 1.54) is 12.1 Å². The van der Waals surface area contributed by atoms with E-state index in [9.17, 15) is 14.0 Å². The maximum atomic E-state index is 14.0. The van der Waals surface area contributed by atoms with Crippen LogP contribution >= 0.6 is 11.6 Å². The largest absolute Gasteiger partial charge is 0.358 e. The monoisotopic (exact) mass is 443 g/mol. The van der Waals surface area contributed by atoms with Gasteiger partial charge < -0.3 is 10.2 Å². The summed E-state index contributed by atoms with van der Waals surface area (Å²) in [6, 6.07) is 9.83. The minimum absolute atomic E-state index is 0.0255. The van der Waals surface area contributed by atoms with E-state index >= 15 is 0 Å². The summed E-state index contributed by atoms with van der Waals surface area (Å²) in [6.45, 7) is 0.841. The molecule has 2 fully saturated rings. The van der Waals surface area contributed by atoms with Crippen LogP contribution in [0.3, 0.4) is 0 Å². The van der Waals surface area contributed by atoms with Crippen LogP contribution in [0, 0.1) is 5.82 Å². The second kappa shape index (κ2) is 8.58. The first-order chi connectivity index (χ1) is 14.9. The third kappa shape index (κ3) is 3.71. The SMILES string of the molecule is CNC(=O)[C@]1(c2ccccn2)CCCN(C(=O)C2(c3ccc(F)cc3Cl)CCCC2)C1. The number of hydrogen-bond acceptors (Lipinski definition) is 3. The summed E-state index contributed by atoms with van der Waals surface area (Å²) in [4.78, 5) is 33.4. The molecule has 1 aromatic carbocycles. The number of carbonyl (C=O) groups is 2. The number of nitrogens with zero attached hydrogens (tertiary/aromatic N) is 2. The van der Waals surface area contributed by atoms with Crippen molar-refractivity contribution in [3.63, 3.8) is 0 Å². The molecule has 31 heavy (non-hydrogen) atoms. The minimum Gasteiger partial charge on any atom is -0.358 e. The van der Waals surface area contributed by atoms with Crippen molar-refractivity contribution in [1.82, 2.24) is 15.2 Å². The molecular formula is C24H27ClFN3O2. The number of piperidine rings is 1. The van der Waals surface area contributed by atoms with Gasteiger partial charge in [-0.15, -0.1) is 0 Å². The average molecular weight is 444 g/mol. The van der Waals surface area contributed by atoms with Crippen LogP contribution in [0.25, 0.3) is 0 Å². The fraction of sp³-hybridized carbons (Fsp3) is 0.458. The predicted molar refractivity (Wildman–Crippen MR) is 117 cm³/mol. The number of nitrogens with one attached hydrogen (secondary N) is 1. The molecule has 1 saturated carbocycles. The van der Waals surface area contributed by atoms with Crippen molar-refractivity contribution in [2.45, 2.75) is 49.4 Å².